The van der Waals surface area contributed by atoms with Crippen LogP contribution in [0.5, 0.6) is 5.75 Å². The third-order valence-electron chi connectivity index (χ3n) is 3.98. The van der Waals surface area contributed by atoms with Gasteiger partial charge >= 0.3 is 0 Å². The maximum absolute atomic E-state index is 13.1. The number of ether oxygens (including phenoxy) is 1. The van der Waals surface area contributed by atoms with Gasteiger partial charge in [-0.3, -0.25) is 14.4 Å². The van der Waals surface area contributed by atoms with Crippen LogP contribution in [0.1, 0.15) is 30.1 Å². The van der Waals surface area contributed by atoms with Gasteiger partial charge in [0.05, 0.1) is 13.2 Å². The monoisotopic (exact) mass is 386 g/mol. The van der Waals surface area contributed by atoms with Crippen LogP contribution in [0.3, 0.4) is 0 Å². The van der Waals surface area contributed by atoms with Crippen molar-refractivity contribution in [1.82, 2.24) is 4.90 Å². The molecule has 7 heteroatoms. The number of anilines is 1. The average Bonchev–Trinajstić information content (AvgIpc) is 2.65. The Morgan fingerprint density at radius 2 is 1.82 bits per heavy atom. The lowest BCUT2D eigenvalue weighted by molar-refractivity contribution is -0.133. The number of carbonyl (C=O) groups excluding carboxylic acids is 3. The highest BCUT2D eigenvalue weighted by atomic mass is 19.1. The smallest absolute Gasteiger partial charge is 0.243 e. The van der Waals surface area contributed by atoms with Crippen molar-refractivity contribution in [3.8, 4) is 5.75 Å². The van der Waals surface area contributed by atoms with Gasteiger partial charge in [-0.1, -0.05) is 6.07 Å². The second-order valence-electron chi connectivity index (χ2n) is 6.34. The molecule has 0 bridgehead atoms. The Kier molecular flexibility index (Phi) is 7.68. The van der Waals surface area contributed by atoms with Gasteiger partial charge in [-0.2, -0.15) is 0 Å². The first-order valence-electron chi connectivity index (χ1n) is 8.88. The first-order valence-corrected chi connectivity index (χ1v) is 8.88. The van der Waals surface area contributed by atoms with E-state index in [1.54, 1.807) is 30.3 Å². The van der Waals surface area contributed by atoms with Gasteiger partial charge in [-0.15, -0.1) is 0 Å². The van der Waals surface area contributed by atoms with E-state index in [1.165, 1.54) is 37.1 Å². The molecule has 0 saturated heterocycles. The summed E-state index contributed by atoms with van der Waals surface area (Å²) in [6.45, 7) is 1.72. The number of nitrogens with zero attached hydrogens (tertiary/aromatic N) is 1. The lowest BCUT2D eigenvalue weighted by Gasteiger charge is -2.17. The fourth-order valence-electron chi connectivity index (χ4n) is 2.46. The fourth-order valence-corrected chi connectivity index (χ4v) is 2.46. The highest BCUT2D eigenvalue weighted by Crippen LogP contribution is 2.13. The van der Waals surface area contributed by atoms with E-state index >= 15 is 0 Å². The first kappa shape index (κ1) is 21.1. The Morgan fingerprint density at radius 1 is 1.11 bits per heavy atom. The fraction of sp³-hybridized carbons (Fsp3) is 0.286. The van der Waals surface area contributed by atoms with Crippen molar-refractivity contribution >= 4 is 23.3 Å². The Bertz CT molecular complexity index is 837. The van der Waals surface area contributed by atoms with Gasteiger partial charge in [0.15, 0.2) is 5.78 Å². The van der Waals surface area contributed by atoms with Crippen LogP contribution >= 0.6 is 0 Å². The molecule has 0 atom stereocenters. The summed E-state index contributed by atoms with van der Waals surface area (Å²) >= 11 is 0. The van der Waals surface area contributed by atoms with Gasteiger partial charge in [0.25, 0.3) is 0 Å². The summed E-state index contributed by atoms with van der Waals surface area (Å²) in [5, 5.41) is 2.55. The Labute approximate surface area is 163 Å². The molecule has 148 valence electrons. The van der Waals surface area contributed by atoms with Crippen LogP contribution in [-0.2, 0) is 9.59 Å². The second-order valence-corrected chi connectivity index (χ2v) is 6.34. The van der Waals surface area contributed by atoms with Crippen LogP contribution in [-0.4, -0.2) is 42.7 Å². The summed E-state index contributed by atoms with van der Waals surface area (Å²) in [6.07, 6.45) is 0.721. The van der Waals surface area contributed by atoms with Crippen molar-refractivity contribution in [2.45, 2.75) is 19.8 Å². The third-order valence-corrected chi connectivity index (χ3v) is 3.98. The minimum absolute atomic E-state index is 0.0124. The van der Waals surface area contributed by atoms with Crippen LogP contribution in [0.4, 0.5) is 10.1 Å². The zero-order chi connectivity index (χ0) is 20.5. The molecule has 0 aliphatic carbocycles. The summed E-state index contributed by atoms with van der Waals surface area (Å²) in [5.41, 5.74) is 0.954. The van der Waals surface area contributed by atoms with Gasteiger partial charge in [0.1, 0.15) is 11.6 Å². The van der Waals surface area contributed by atoms with Gasteiger partial charge in [0.2, 0.25) is 11.8 Å². The van der Waals surface area contributed by atoms with Crippen molar-refractivity contribution in [3.63, 3.8) is 0 Å². The molecule has 2 amide bonds. The van der Waals surface area contributed by atoms with Crippen LogP contribution in [0.25, 0.3) is 0 Å². The van der Waals surface area contributed by atoms with Crippen molar-refractivity contribution in [3.05, 3.63) is 59.9 Å². The molecule has 0 aromatic heterocycles. The lowest BCUT2D eigenvalue weighted by Crippen LogP contribution is -2.35. The quantitative estimate of drug-likeness (QED) is 0.530. The third kappa shape index (κ3) is 6.83. The van der Waals surface area contributed by atoms with Gasteiger partial charge in [0, 0.05) is 24.7 Å². The van der Waals surface area contributed by atoms with Crippen molar-refractivity contribution < 1.29 is 23.5 Å². The van der Waals surface area contributed by atoms with Crippen LogP contribution in [0.2, 0.25) is 0 Å². The molecule has 6 nitrogen and oxygen atoms in total. The summed E-state index contributed by atoms with van der Waals surface area (Å²) in [4.78, 5) is 36.6. The molecular formula is C21H23FN2O4. The van der Waals surface area contributed by atoms with E-state index in [0.29, 0.717) is 30.0 Å². The Morgan fingerprint density at radius 3 is 2.46 bits per heavy atom. The van der Waals surface area contributed by atoms with Crippen LogP contribution in [0, 0.1) is 5.82 Å². The van der Waals surface area contributed by atoms with Gasteiger partial charge < -0.3 is 15.0 Å². The normalized spacial score (nSPS) is 10.2. The van der Waals surface area contributed by atoms with E-state index in [1.807, 2.05) is 0 Å². The summed E-state index contributed by atoms with van der Waals surface area (Å²) < 4.78 is 18.7. The number of ketones is 1. The molecule has 0 unspecified atom stereocenters. The van der Waals surface area contributed by atoms with Crippen LogP contribution < -0.4 is 10.1 Å². The molecule has 0 aliphatic heterocycles. The number of likely N-dealkylation sites (N-methyl/N-ethyl adjacent to an activating group) is 1. The number of amides is 2. The number of nitrogens with one attached hydrogen (secondary N) is 1. The van der Waals surface area contributed by atoms with E-state index in [0.717, 1.165) is 0 Å². The number of benzene rings is 2. The van der Waals surface area contributed by atoms with Crippen LogP contribution in [0.15, 0.2) is 48.5 Å². The summed E-state index contributed by atoms with van der Waals surface area (Å²) in [7, 11) is 1.54. The molecule has 0 aliphatic rings. The van der Waals surface area contributed by atoms with Gasteiger partial charge in [-0.25, -0.2) is 4.39 Å². The summed E-state index contributed by atoms with van der Waals surface area (Å²) in [5.74, 6) is -0.423. The van der Waals surface area contributed by atoms with Crippen molar-refractivity contribution in [2.75, 3.05) is 25.5 Å². The standard InChI is InChI=1S/C21H23FN2O4/c1-15(25)16-8-10-19(11-9-16)28-12-4-7-21(27)24(2)14-20(26)23-18-6-3-5-17(22)13-18/h3,5-6,8-11,13H,4,7,12,14H2,1-2H3,(H,23,26). The topological polar surface area (TPSA) is 75.7 Å². The molecule has 0 heterocycles. The average molecular weight is 386 g/mol. The van der Waals surface area contributed by atoms with E-state index in [9.17, 15) is 18.8 Å². The largest absolute Gasteiger partial charge is 0.494 e. The Balaban J connectivity index is 1.69. The minimum atomic E-state index is -0.446. The minimum Gasteiger partial charge on any atom is -0.494 e. The molecule has 1 N–H and O–H groups in total. The Hall–Kier alpha value is -3.22. The van der Waals surface area contributed by atoms with E-state index in [2.05, 4.69) is 5.32 Å². The molecule has 2 aromatic carbocycles. The highest BCUT2D eigenvalue weighted by molar-refractivity contribution is 5.94. The zero-order valence-corrected chi connectivity index (χ0v) is 15.9. The molecular weight excluding hydrogens is 363 g/mol. The molecule has 0 spiro atoms. The molecule has 0 fully saturated rings. The van der Waals surface area contributed by atoms with E-state index < -0.39 is 11.7 Å². The van der Waals surface area contributed by atoms with Crippen molar-refractivity contribution in [1.29, 1.82) is 0 Å². The molecule has 28 heavy (non-hydrogen) atoms. The predicted molar refractivity (Wildman–Crippen MR) is 104 cm³/mol. The summed E-state index contributed by atoms with van der Waals surface area (Å²) in [6, 6.07) is 12.4. The predicted octanol–water partition coefficient (Wildman–Crippen LogP) is 3.28. The number of hydrogen-bond acceptors (Lipinski definition) is 4. The number of carbonyl (C=O) groups is 3. The number of rotatable bonds is 9. The lowest BCUT2D eigenvalue weighted by atomic mass is 10.1. The molecule has 0 radical (unpaired) electrons. The van der Waals surface area contributed by atoms with E-state index in [4.69, 9.17) is 4.74 Å². The highest BCUT2D eigenvalue weighted by Gasteiger charge is 2.13. The second kappa shape index (κ2) is 10.2. The van der Waals surface area contributed by atoms with Gasteiger partial charge in [-0.05, 0) is 55.8 Å². The number of Topliss-reactive ketones (excluding diaryl/α,β-unsaturated/α-hetero) is 1. The SMILES string of the molecule is CC(=O)c1ccc(OCCCC(=O)N(C)CC(=O)Nc2cccc(F)c2)cc1. The zero-order valence-electron chi connectivity index (χ0n) is 15.9. The maximum atomic E-state index is 13.1. The maximum Gasteiger partial charge on any atom is 0.243 e. The number of hydrogen-bond donors (Lipinski definition) is 1. The number of halogens is 1. The molecule has 0 saturated carbocycles. The van der Waals surface area contributed by atoms with Crippen molar-refractivity contribution in [2.24, 2.45) is 0 Å². The molecule has 2 aromatic rings. The first-order chi connectivity index (χ1) is 13.3. The van der Waals surface area contributed by atoms with E-state index in [-0.39, 0.29) is 24.7 Å². The molecule has 2 rings (SSSR count).